The van der Waals surface area contributed by atoms with Gasteiger partial charge in [0.15, 0.2) is 12.4 Å². The summed E-state index contributed by atoms with van der Waals surface area (Å²) in [5.74, 6) is 0.691. The van der Waals surface area contributed by atoms with Crippen molar-refractivity contribution in [3.8, 4) is 5.75 Å². The number of fused-ring (bicyclic) bond motifs is 3. The van der Waals surface area contributed by atoms with E-state index in [9.17, 15) is 0 Å². The Kier molecular flexibility index (Phi) is 4.83. The predicted octanol–water partition coefficient (Wildman–Crippen LogP) is 2.87. The molecule has 3 fully saturated rings. The molecule has 0 aliphatic carbocycles. The highest BCUT2D eigenvalue weighted by atomic mass is 31.2. The summed E-state index contributed by atoms with van der Waals surface area (Å²) >= 11 is 0. The summed E-state index contributed by atoms with van der Waals surface area (Å²) in [6, 6.07) is 19.2. The van der Waals surface area contributed by atoms with Crippen LogP contribution in [0.1, 0.15) is 11.9 Å². The van der Waals surface area contributed by atoms with E-state index < -0.39 is 27.2 Å². The zero-order chi connectivity index (χ0) is 18.2. The molecule has 7 nitrogen and oxygen atoms in total. The van der Waals surface area contributed by atoms with Gasteiger partial charge in [0.2, 0.25) is 6.29 Å². The third-order valence-corrected chi connectivity index (χ3v) is 5.70. The van der Waals surface area contributed by atoms with Crippen molar-refractivity contribution in [2.24, 2.45) is 5.50 Å². The van der Waals surface area contributed by atoms with Gasteiger partial charge in [-0.25, -0.2) is 0 Å². The maximum Gasteiger partial charge on any atom is 0.253 e. The van der Waals surface area contributed by atoms with Gasteiger partial charge in [0, 0.05) is 5.56 Å². The van der Waals surface area contributed by atoms with Crippen LogP contribution in [0, 0.1) is 0 Å². The van der Waals surface area contributed by atoms with Crippen molar-refractivity contribution in [3.63, 3.8) is 0 Å². The molecule has 5 rings (SSSR count). The second-order valence-corrected chi connectivity index (χ2v) is 7.57. The van der Waals surface area contributed by atoms with Gasteiger partial charge in [0.1, 0.15) is 24.1 Å². The minimum Gasteiger partial charge on any atom is -0.462 e. The van der Waals surface area contributed by atoms with E-state index in [1.165, 1.54) is 0 Å². The van der Waals surface area contributed by atoms with Gasteiger partial charge in [-0.05, 0) is 12.1 Å². The Morgan fingerprint density at radius 1 is 0.852 bits per heavy atom. The van der Waals surface area contributed by atoms with Crippen molar-refractivity contribution in [1.29, 1.82) is 0 Å². The summed E-state index contributed by atoms with van der Waals surface area (Å²) in [7, 11) is -1.50. The first-order chi connectivity index (χ1) is 13.3. The molecule has 2 aromatic carbocycles. The molecule has 0 spiro atoms. The van der Waals surface area contributed by atoms with E-state index >= 15 is 0 Å². The van der Waals surface area contributed by atoms with Gasteiger partial charge < -0.3 is 28.0 Å². The number of rotatable bonds is 3. The van der Waals surface area contributed by atoms with E-state index in [0.717, 1.165) is 5.56 Å². The smallest absolute Gasteiger partial charge is 0.253 e. The minimum atomic E-state index is -1.50. The van der Waals surface area contributed by atoms with Crippen LogP contribution in [-0.4, -0.2) is 37.3 Å². The Morgan fingerprint density at radius 3 is 2.33 bits per heavy atom. The summed E-state index contributed by atoms with van der Waals surface area (Å²) in [5, 5.41) is 0. The molecule has 0 amide bonds. The van der Waals surface area contributed by atoms with E-state index in [0.29, 0.717) is 12.4 Å². The van der Waals surface area contributed by atoms with Crippen molar-refractivity contribution < 1.29 is 28.0 Å². The van der Waals surface area contributed by atoms with Crippen LogP contribution in [0.15, 0.2) is 60.7 Å². The van der Waals surface area contributed by atoms with E-state index in [-0.39, 0.29) is 18.3 Å². The summed E-state index contributed by atoms with van der Waals surface area (Å²) in [5.41, 5.74) is 6.89. The summed E-state index contributed by atoms with van der Waals surface area (Å²) < 4.78 is 35.8. The lowest BCUT2D eigenvalue weighted by atomic mass is 9.98. The van der Waals surface area contributed by atoms with Gasteiger partial charge >= 0.3 is 0 Å². The van der Waals surface area contributed by atoms with Crippen molar-refractivity contribution in [2.45, 2.75) is 37.0 Å². The highest BCUT2D eigenvalue weighted by Gasteiger charge is 2.56. The molecule has 7 atom stereocenters. The van der Waals surface area contributed by atoms with Gasteiger partial charge in [0.25, 0.3) is 8.53 Å². The van der Waals surface area contributed by atoms with Gasteiger partial charge in [0.05, 0.1) is 6.61 Å². The van der Waals surface area contributed by atoms with Crippen molar-refractivity contribution in [3.05, 3.63) is 66.2 Å². The zero-order valence-electron chi connectivity index (χ0n) is 14.4. The number of benzene rings is 2. The highest BCUT2D eigenvalue weighted by Crippen LogP contribution is 2.49. The Morgan fingerprint density at radius 2 is 1.56 bits per heavy atom. The monoisotopic (exact) mass is 389 g/mol. The molecule has 8 heteroatoms. The molecule has 3 saturated heterocycles. The van der Waals surface area contributed by atoms with Crippen LogP contribution in [0.2, 0.25) is 0 Å². The lowest BCUT2D eigenvalue weighted by Crippen LogP contribution is -2.61. The quantitative estimate of drug-likeness (QED) is 0.809. The molecule has 0 bridgehead atoms. The molecular weight excluding hydrogens is 369 g/mol. The molecule has 27 heavy (non-hydrogen) atoms. The van der Waals surface area contributed by atoms with Gasteiger partial charge in [-0.15, -0.1) is 0 Å². The maximum atomic E-state index is 6.18. The standard InChI is InChI=1S/C19H20NO6P/c20-27-25-16-15-14(11-21-18(24-15)12-7-3-1-4-8-12)23-19(17(16)26-27)22-13-9-5-2-6-10-13/h1-10,14-19H,11,20H2. The van der Waals surface area contributed by atoms with E-state index in [1.807, 2.05) is 60.7 Å². The van der Waals surface area contributed by atoms with Gasteiger partial charge in [-0.2, -0.15) is 0 Å². The fraction of sp³-hybridized carbons (Fsp3) is 0.368. The number of hydrogen-bond acceptors (Lipinski definition) is 7. The largest absolute Gasteiger partial charge is 0.462 e. The first-order valence-electron chi connectivity index (χ1n) is 8.85. The van der Waals surface area contributed by atoms with Crippen molar-refractivity contribution in [1.82, 2.24) is 0 Å². The Bertz CT molecular complexity index is 765. The number of nitrogens with two attached hydrogens (primary N) is 1. The normalized spacial score (nSPS) is 38.0. The summed E-state index contributed by atoms with van der Waals surface area (Å²) in [4.78, 5) is 0. The van der Waals surface area contributed by atoms with Crippen LogP contribution < -0.4 is 10.2 Å². The SMILES string of the molecule is NP1OC2C(Oc3ccccc3)OC3COC(c4ccccc4)OC3C2O1. The average molecular weight is 389 g/mol. The zero-order valence-corrected chi connectivity index (χ0v) is 15.3. The maximum absolute atomic E-state index is 6.18. The third-order valence-electron chi connectivity index (χ3n) is 4.80. The van der Waals surface area contributed by atoms with Crippen LogP contribution in [0.5, 0.6) is 5.75 Å². The van der Waals surface area contributed by atoms with Gasteiger partial charge in [-0.3, -0.25) is 5.50 Å². The average Bonchev–Trinajstić information content (AvgIpc) is 3.11. The van der Waals surface area contributed by atoms with Crippen LogP contribution >= 0.6 is 8.53 Å². The summed E-state index contributed by atoms with van der Waals surface area (Å²) in [6.07, 6.45) is -2.63. The van der Waals surface area contributed by atoms with Crippen LogP contribution in [0.4, 0.5) is 0 Å². The topological polar surface area (TPSA) is 81.4 Å². The Balaban J connectivity index is 1.36. The highest BCUT2D eigenvalue weighted by molar-refractivity contribution is 7.44. The molecule has 0 aromatic heterocycles. The molecule has 3 aliphatic heterocycles. The van der Waals surface area contributed by atoms with E-state index in [2.05, 4.69) is 0 Å². The second-order valence-electron chi connectivity index (χ2n) is 6.58. The van der Waals surface area contributed by atoms with E-state index in [1.54, 1.807) is 0 Å². The lowest BCUT2D eigenvalue weighted by molar-refractivity contribution is -0.335. The Hall–Kier alpha value is -1.57. The molecule has 2 aromatic rings. The molecule has 0 radical (unpaired) electrons. The molecule has 3 heterocycles. The fourth-order valence-corrected chi connectivity index (χ4v) is 4.54. The predicted molar refractivity (Wildman–Crippen MR) is 96.6 cm³/mol. The molecule has 7 unspecified atom stereocenters. The first kappa shape index (κ1) is 17.5. The van der Waals surface area contributed by atoms with Crippen molar-refractivity contribution in [2.75, 3.05) is 6.61 Å². The number of para-hydroxylation sites is 1. The number of ether oxygens (including phenoxy) is 4. The molecule has 3 aliphatic rings. The fourth-order valence-electron chi connectivity index (χ4n) is 3.55. The van der Waals surface area contributed by atoms with Crippen LogP contribution in [-0.2, 0) is 23.3 Å². The molecule has 0 saturated carbocycles. The molecule has 2 N–H and O–H groups in total. The second kappa shape index (κ2) is 7.45. The lowest BCUT2D eigenvalue weighted by Gasteiger charge is -2.45. The van der Waals surface area contributed by atoms with Gasteiger partial charge in [-0.1, -0.05) is 48.5 Å². The first-order valence-corrected chi connectivity index (χ1v) is 10.1. The summed E-state index contributed by atoms with van der Waals surface area (Å²) in [6.45, 7) is 0.369. The molecule has 142 valence electrons. The van der Waals surface area contributed by atoms with Crippen molar-refractivity contribution >= 4 is 8.53 Å². The Labute approximate surface area is 158 Å². The third kappa shape index (κ3) is 3.48. The molecular formula is C19H20NO6P. The van der Waals surface area contributed by atoms with Crippen LogP contribution in [0.3, 0.4) is 0 Å². The number of hydrogen-bond donors (Lipinski definition) is 1. The van der Waals surface area contributed by atoms with E-state index in [4.69, 9.17) is 33.5 Å². The van der Waals surface area contributed by atoms with Crippen LogP contribution in [0.25, 0.3) is 0 Å². The minimum absolute atomic E-state index is 0.329.